The molecule has 0 bridgehead atoms. The molecule has 0 aromatic carbocycles. The molecule has 2 rings (SSSR count). The van der Waals surface area contributed by atoms with E-state index in [1.54, 1.807) is 0 Å². The largest absolute Gasteiger partial charge is 0.481 e. The minimum atomic E-state index is -3.49. The number of carboxylic acids is 1. The van der Waals surface area contributed by atoms with Crippen LogP contribution in [0, 0.1) is 5.92 Å². The van der Waals surface area contributed by atoms with Crippen LogP contribution in [0.4, 0.5) is 0 Å². The van der Waals surface area contributed by atoms with Gasteiger partial charge in [-0.15, -0.1) is 0 Å². The number of likely N-dealkylation sites (N-methyl/N-ethyl adjacent to an activating group) is 1. The summed E-state index contributed by atoms with van der Waals surface area (Å²) in [5.41, 5.74) is 0. The van der Waals surface area contributed by atoms with E-state index in [9.17, 15) is 13.2 Å². The van der Waals surface area contributed by atoms with Gasteiger partial charge in [-0.1, -0.05) is 6.42 Å². The summed E-state index contributed by atoms with van der Waals surface area (Å²) in [7, 11) is -1.51. The van der Waals surface area contributed by atoms with E-state index in [1.165, 1.54) is 4.31 Å². The monoisotopic (exact) mass is 290 g/mol. The molecule has 1 aliphatic carbocycles. The van der Waals surface area contributed by atoms with E-state index >= 15 is 0 Å². The van der Waals surface area contributed by atoms with Crippen molar-refractivity contribution in [2.24, 2.45) is 5.92 Å². The van der Waals surface area contributed by atoms with Gasteiger partial charge in [0.1, 0.15) is 0 Å². The number of hydrogen-bond donors (Lipinski definition) is 1. The summed E-state index contributed by atoms with van der Waals surface area (Å²) in [6, 6.07) is 0.174. The summed E-state index contributed by atoms with van der Waals surface area (Å²) in [5, 5.41) is 8.41. The maximum absolute atomic E-state index is 12.6. The second kappa shape index (κ2) is 5.38. The molecule has 110 valence electrons. The van der Waals surface area contributed by atoms with E-state index in [-0.39, 0.29) is 6.04 Å². The van der Waals surface area contributed by atoms with Crippen molar-refractivity contribution >= 4 is 16.0 Å². The number of carboxylic acid groups (broad SMARTS) is 1. The number of aliphatic carboxylic acids is 1. The normalized spacial score (nSPS) is 34.5. The molecule has 0 amide bonds. The third kappa shape index (κ3) is 2.78. The summed E-state index contributed by atoms with van der Waals surface area (Å²) < 4.78 is 26.7. The van der Waals surface area contributed by atoms with Crippen LogP contribution < -0.4 is 0 Å². The Morgan fingerprint density at radius 3 is 2.53 bits per heavy atom. The van der Waals surface area contributed by atoms with Crippen LogP contribution in [-0.4, -0.2) is 66.7 Å². The molecule has 2 fully saturated rings. The van der Waals surface area contributed by atoms with Gasteiger partial charge in [0.25, 0.3) is 0 Å². The number of sulfonamides is 1. The molecule has 19 heavy (non-hydrogen) atoms. The van der Waals surface area contributed by atoms with Gasteiger partial charge in [0.2, 0.25) is 10.0 Å². The van der Waals surface area contributed by atoms with Crippen LogP contribution >= 0.6 is 0 Å². The molecule has 1 saturated heterocycles. The van der Waals surface area contributed by atoms with Crippen molar-refractivity contribution in [3.8, 4) is 0 Å². The van der Waals surface area contributed by atoms with Gasteiger partial charge in [-0.2, -0.15) is 4.31 Å². The Morgan fingerprint density at radius 1 is 1.26 bits per heavy atom. The van der Waals surface area contributed by atoms with Gasteiger partial charge in [0.05, 0.1) is 11.2 Å². The molecule has 1 N–H and O–H groups in total. The van der Waals surface area contributed by atoms with E-state index in [1.807, 2.05) is 14.0 Å². The Labute approximate surface area is 114 Å². The van der Waals surface area contributed by atoms with E-state index in [4.69, 9.17) is 5.11 Å². The van der Waals surface area contributed by atoms with Gasteiger partial charge in [0.15, 0.2) is 0 Å². The molecule has 0 spiro atoms. The molecule has 6 nitrogen and oxygen atoms in total. The fourth-order valence-corrected chi connectivity index (χ4v) is 5.28. The number of hydrogen-bond acceptors (Lipinski definition) is 4. The van der Waals surface area contributed by atoms with Crippen molar-refractivity contribution in [3.05, 3.63) is 0 Å². The van der Waals surface area contributed by atoms with Gasteiger partial charge >= 0.3 is 5.97 Å². The molecule has 2 aliphatic rings. The minimum absolute atomic E-state index is 0.174. The standard InChI is InChI=1S/C12H22N2O4S/c1-9-8-14(7-6-13(9)2)19(17,18)11-5-3-4-10(11)12(15)16/h9-11H,3-8H2,1-2H3,(H,15,16). The van der Waals surface area contributed by atoms with E-state index < -0.39 is 27.2 Å². The van der Waals surface area contributed by atoms with Crippen LogP contribution in [-0.2, 0) is 14.8 Å². The Hall–Kier alpha value is -0.660. The van der Waals surface area contributed by atoms with Gasteiger partial charge in [0, 0.05) is 25.7 Å². The lowest BCUT2D eigenvalue weighted by molar-refractivity contribution is -0.141. The Kier molecular flexibility index (Phi) is 4.17. The summed E-state index contributed by atoms with van der Waals surface area (Å²) in [5.74, 6) is -1.71. The smallest absolute Gasteiger partial charge is 0.307 e. The molecule has 1 heterocycles. The van der Waals surface area contributed by atoms with Crippen molar-refractivity contribution in [1.82, 2.24) is 9.21 Å². The lowest BCUT2D eigenvalue weighted by atomic mass is 10.1. The minimum Gasteiger partial charge on any atom is -0.481 e. The molecule has 3 atom stereocenters. The first-order chi connectivity index (χ1) is 8.84. The zero-order chi connectivity index (χ0) is 14.2. The van der Waals surface area contributed by atoms with Crippen molar-refractivity contribution in [2.75, 3.05) is 26.7 Å². The summed E-state index contributed by atoms with van der Waals surface area (Å²) in [4.78, 5) is 13.3. The summed E-state index contributed by atoms with van der Waals surface area (Å²) in [6.07, 6.45) is 1.63. The quantitative estimate of drug-likeness (QED) is 0.803. The average molecular weight is 290 g/mol. The van der Waals surface area contributed by atoms with Gasteiger partial charge in [-0.3, -0.25) is 4.79 Å². The highest BCUT2D eigenvalue weighted by Gasteiger charge is 2.45. The molecule has 7 heteroatoms. The van der Waals surface area contributed by atoms with Gasteiger partial charge < -0.3 is 10.0 Å². The Bertz CT molecular complexity index is 451. The van der Waals surface area contributed by atoms with Gasteiger partial charge in [-0.05, 0) is 26.8 Å². The van der Waals surface area contributed by atoms with E-state index in [0.29, 0.717) is 38.9 Å². The van der Waals surface area contributed by atoms with Crippen LogP contribution in [0.25, 0.3) is 0 Å². The third-order valence-electron chi connectivity index (χ3n) is 4.43. The van der Waals surface area contributed by atoms with Crippen LogP contribution in [0.3, 0.4) is 0 Å². The zero-order valence-corrected chi connectivity index (χ0v) is 12.3. The van der Waals surface area contributed by atoms with Crippen LogP contribution in [0.2, 0.25) is 0 Å². The molecule has 1 aliphatic heterocycles. The average Bonchev–Trinajstić information content (AvgIpc) is 2.82. The zero-order valence-electron chi connectivity index (χ0n) is 11.4. The number of carbonyl (C=O) groups is 1. The second-order valence-corrected chi connectivity index (χ2v) is 7.80. The first-order valence-electron chi connectivity index (χ1n) is 6.76. The first-order valence-corrected chi connectivity index (χ1v) is 8.26. The SMILES string of the molecule is CC1CN(S(=O)(=O)C2CCCC2C(=O)O)CCN1C. The molecule has 3 unspecified atom stereocenters. The molecule has 0 aromatic rings. The first kappa shape index (κ1) is 14.7. The van der Waals surface area contributed by atoms with Crippen molar-refractivity contribution < 1.29 is 18.3 Å². The van der Waals surface area contributed by atoms with E-state index in [0.717, 1.165) is 0 Å². The maximum atomic E-state index is 12.6. The maximum Gasteiger partial charge on any atom is 0.307 e. The third-order valence-corrected chi connectivity index (χ3v) is 6.82. The number of piperazine rings is 1. The predicted molar refractivity (Wildman–Crippen MR) is 71.3 cm³/mol. The van der Waals surface area contributed by atoms with Gasteiger partial charge in [-0.25, -0.2) is 8.42 Å². The van der Waals surface area contributed by atoms with Crippen LogP contribution in [0.1, 0.15) is 26.2 Å². The molecule has 0 aromatic heterocycles. The molecular weight excluding hydrogens is 268 g/mol. The summed E-state index contributed by atoms with van der Waals surface area (Å²) in [6.45, 7) is 3.61. The predicted octanol–water partition coefficient (Wildman–Crippen LogP) is 0.205. The highest BCUT2D eigenvalue weighted by Crippen LogP contribution is 2.33. The summed E-state index contributed by atoms with van der Waals surface area (Å²) >= 11 is 0. The molecule has 1 saturated carbocycles. The van der Waals surface area contributed by atoms with Crippen LogP contribution in [0.5, 0.6) is 0 Å². The second-order valence-electron chi connectivity index (χ2n) is 5.65. The van der Waals surface area contributed by atoms with Crippen molar-refractivity contribution in [1.29, 1.82) is 0 Å². The van der Waals surface area contributed by atoms with Crippen LogP contribution in [0.15, 0.2) is 0 Å². The van der Waals surface area contributed by atoms with Crippen molar-refractivity contribution in [3.63, 3.8) is 0 Å². The Morgan fingerprint density at radius 2 is 1.95 bits per heavy atom. The highest BCUT2D eigenvalue weighted by atomic mass is 32.2. The van der Waals surface area contributed by atoms with Crippen molar-refractivity contribution in [2.45, 2.75) is 37.5 Å². The van der Waals surface area contributed by atoms with E-state index in [2.05, 4.69) is 4.90 Å². The lowest BCUT2D eigenvalue weighted by Gasteiger charge is -2.38. The highest BCUT2D eigenvalue weighted by molar-refractivity contribution is 7.89. The molecule has 0 radical (unpaired) electrons. The fourth-order valence-electron chi connectivity index (χ4n) is 3.00. The number of nitrogens with zero attached hydrogens (tertiary/aromatic N) is 2. The topological polar surface area (TPSA) is 77.9 Å². The number of rotatable bonds is 3. The molecular formula is C12H22N2O4S. The Balaban J connectivity index is 2.16. The lowest BCUT2D eigenvalue weighted by Crippen LogP contribution is -2.54. The fraction of sp³-hybridized carbons (Fsp3) is 0.917.